The SMILES string of the molecule is O=C1NCCc2c1sc1ccc(C(=O)N(Cc3ccccn3)CC3CCCO3)cc21. The summed E-state index contributed by atoms with van der Waals surface area (Å²) in [5, 5.41) is 3.92. The molecule has 0 aliphatic carbocycles. The quantitative estimate of drug-likeness (QED) is 0.685. The highest BCUT2D eigenvalue weighted by Gasteiger charge is 2.26. The number of carbonyl (C=O) groups is 2. The Hall–Kier alpha value is -2.77. The molecule has 2 aliphatic heterocycles. The lowest BCUT2D eigenvalue weighted by atomic mass is 10.0. The second-order valence-corrected chi connectivity index (χ2v) is 8.82. The Labute approximate surface area is 178 Å². The number of hydrogen-bond acceptors (Lipinski definition) is 5. The largest absolute Gasteiger partial charge is 0.376 e. The molecule has 0 saturated carbocycles. The number of amides is 2. The predicted molar refractivity (Wildman–Crippen MR) is 116 cm³/mol. The number of nitrogens with one attached hydrogen (secondary N) is 1. The third kappa shape index (κ3) is 3.70. The fraction of sp³-hybridized carbons (Fsp3) is 0.348. The molecule has 1 N–H and O–H groups in total. The normalized spacial score (nSPS) is 18.3. The molecule has 7 heteroatoms. The summed E-state index contributed by atoms with van der Waals surface area (Å²) in [6, 6.07) is 11.5. The number of aromatic nitrogens is 1. The van der Waals surface area contributed by atoms with Gasteiger partial charge in [0.25, 0.3) is 11.8 Å². The van der Waals surface area contributed by atoms with Crippen molar-refractivity contribution < 1.29 is 14.3 Å². The van der Waals surface area contributed by atoms with Gasteiger partial charge in [0.15, 0.2) is 0 Å². The van der Waals surface area contributed by atoms with E-state index in [1.54, 1.807) is 6.20 Å². The molecule has 1 aromatic carbocycles. The van der Waals surface area contributed by atoms with Crippen molar-refractivity contribution in [1.29, 1.82) is 0 Å². The molecule has 0 spiro atoms. The highest BCUT2D eigenvalue weighted by Crippen LogP contribution is 2.34. The minimum Gasteiger partial charge on any atom is -0.376 e. The van der Waals surface area contributed by atoms with Crippen molar-refractivity contribution in [2.24, 2.45) is 0 Å². The molecule has 5 rings (SSSR count). The van der Waals surface area contributed by atoms with Crippen molar-refractivity contribution in [3.8, 4) is 0 Å². The zero-order valence-electron chi connectivity index (χ0n) is 16.6. The topological polar surface area (TPSA) is 71.5 Å². The van der Waals surface area contributed by atoms with Gasteiger partial charge in [0, 0.05) is 36.2 Å². The second-order valence-electron chi connectivity index (χ2n) is 7.77. The summed E-state index contributed by atoms with van der Waals surface area (Å²) in [4.78, 5) is 32.7. The summed E-state index contributed by atoms with van der Waals surface area (Å²) in [6.45, 7) is 2.39. The number of ether oxygens (including phenoxy) is 1. The summed E-state index contributed by atoms with van der Waals surface area (Å²) in [5.41, 5.74) is 2.56. The molecule has 2 aromatic heterocycles. The molecule has 2 amide bonds. The Bertz CT molecular complexity index is 1090. The van der Waals surface area contributed by atoms with Gasteiger partial charge in [-0.25, -0.2) is 0 Å². The molecule has 0 bridgehead atoms. The van der Waals surface area contributed by atoms with Crippen LogP contribution in [0, 0.1) is 0 Å². The maximum Gasteiger partial charge on any atom is 0.261 e. The maximum atomic E-state index is 13.5. The Morgan fingerprint density at radius 3 is 3.03 bits per heavy atom. The Morgan fingerprint density at radius 1 is 1.30 bits per heavy atom. The van der Waals surface area contributed by atoms with Gasteiger partial charge in [-0.3, -0.25) is 14.6 Å². The lowest BCUT2D eigenvalue weighted by Gasteiger charge is -2.25. The van der Waals surface area contributed by atoms with Crippen LogP contribution in [-0.4, -0.2) is 47.5 Å². The predicted octanol–water partition coefficient (Wildman–Crippen LogP) is 3.40. The molecule has 3 aromatic rings. The molecular weight excluding hydrogens is 398 g/mol. The summed E-state index contributed by atoms with van der Waals surface area (Å²) in [7, 11) is 0. The first-order valence-corrected chi connectivity index (χ1v) is 11.1. The molecule has 0 radical (unpaired) electrons. The molecule has 6 nitrogen and oxygen atoms in total. The van der Waals surface area contributed by atoms with Crippen LogP contribution in [0.4, 0.5) is 0 Å². The van der Waals surface area contributed by atoms with Crippen LogP contribution in [0.25, 0.3) is 10.1 Å². The van der Waals surface area contributed by atoms with Crippen LogP contribution in [0.3, 0.4) is 0 Å². The standard InChI is InChI=1S/C23H23N3O3S/c27-22-21-18(8-10-25-22)19-12-15(6-7-20(19)30-21)23(28)26(14-17-5-3-11-29-17)13-16-4-1-2-9-24-16/h1-2,4,6-7,9,12,17H,3,5,8,10-11,13-14H2,(H,25,27). The van der Waals surface area contributed by atoms with Crippen LogP contribution in [-0.2, 0) is 17.7 Å². The Balaban J connectivity index is 1.47. The molecule has 154 valence electrons. The first kappa shape index (κ1) is 19.2. The number of fused-ring (bicyclic) bond motifs is 3. The van der Waals surface area contributed by atoms with Crippen LogP contribution in [0.2, 0.25) is 0 Å². The van der Waals surface area contributed by atoms with Crippen molar-refractivity contribution in [2.45, 2.75) is 31.9 Å². The number of thiophene rings is 1. The maximum absolute atomic E-state index is 13.5. The van der Waals surface area contributed by atoms with E-state index < -0.39 is 0 Å². The lowest BCUT2D eigenvalue weighted by molar-refractivity contribution is 0.0504. The minimum atomic E-state index is -0.0294. The molecule has 30 heavy (non-hydrogen) atoms. The van der Waals surface area contributed by atoms with Gasteiger partial charge in [-0.1, -0.05) is 6.07 Å². The van der Waals surface area contributed by atoms with Crippen LogP contribution < -0.4 is 5.32 Å². The van der Waals surface area contributed by atoms with Gasteiger partial charge in [-0.2, -0.15) is 0 Å². The van der Waals surface area contributed by atoms with Gasteiger partial charge in [0.05, 0.1) is 23.2 Å². The third-order valence-corrected chi connectivity index (χ3v) is 6.93. The summed E-state index contributed by atoms with van der Waals surface area (Å²) in [6.07, 6.45) is 4.62. The van der Waals surface area contributed by atoms with E-state index in [1.165, 1.54) is 11.3 Å². The smallest absolute Gasteiger partial charge is 0.261 e. The average Bonchev–Trinajstić information content (AvgIpc) is 3.41. The van der Waals surface area contributed by atoms with Gasteiger partial charge < -0.3 is 15.0 Å². The molecule has 1 atom stereocenters. The second kappa shape index (κ2) is 8.16. The van der Waals surface area contributed by atoms with E-state index >= 15 is 0 Å². The number of hydrogen-bond donors (Lipinski definition) is 1. The summed E-state index contributed by atoms with van der Waals surface area (Å²) in [5.74, 6) is -0.0428. The Morgan fingerprint density at radius 2 is 2.23 bits per heavy atom. The van der Waals surface area contributed by atoms with Gasteiger partial charge in [0.1, 0.15) is 0 Å². The fourth-order valence-corrected chi connectivity index (χ4v) is 5.37. The van der Waals surface area contributed by atoms with E-state index in [9.17, 15) is 9.59 Å². The number of benzene rings is 1. The molecule has 2 aliphatic rings. The van der Waals surface area contributed by atoms with Gasteiger partial charge in [-0.05, 0) is 60.5 Å². The van der Waals surface area contributed by atoms with Gasteiger partial charge in [0.2, 0.25) is 0 Å². The summed E-state index contributed by atoms with van der Waals surface area (Å²) < 4.78 is 6.84. The van der Waals surface area contributed by atoms with E-state index in [2.05, 4.69) is 10.3 Å². The first-order chi connectivity index (χ1) is 14.7. The van der Waals surface area contributed by atoms with E-state index in [0.717, 1.165) is 52.1 Å². The van der Waals surface area contributed by atoms with E-state index in [-0.39, 0.29) is 17.9 Å². The number of nitrogens with zero attached hydrogens (tertiary/aromatic N) is 2. The number of carbonyl (C=O) groups excluding carboxylic acids is 2. The lowest BCUT2D eigenvalue weighted by Crippen LogP contribution is -2.37. The molecule has 1 unspecified atom stereocenters. The number of pyridine rings is 1. The molecule has 1 saturated heterocycles. The van der Waals surface area contributed by atoms with Crippen LogP contribution in [0.5, 0.6) is 0 Å². The first-order valence-electron chi connectivity index (χ1n) is 10.3. The zero-order chi connectivity index (χ0) is 20.5. The van der Waals surface area contributed by atoms with E-state index in [1.807, 2.05) is 41.3 Å². The number of rotatable bonds is 5. The zero-order valence-corrected chi connectivity index (χ0v) is 17.4. The summed E-state index contributed by atoms with van der Waals surface area (Å²) >= 11 is 1.50. The van der Waals surface area contributed by atoms with Crippen molar-refractivity contribution in [2.75, 3.05) is 19.7 Å². The molecule has 1 fully saturated rings. The van der Waals surface area contributed by atoms with Crippen molar-refractivity contribution in [1.82, 2.24) is 15.2 Å². The van der Waals surface area contributed by atoms with Crippen LogP contribution >= 0.6 is 11.3 Å². The monoisotopic (exact) mass is 421 g/mol. The molecular formula is C23H23N3O3S. The average molecular weight is 422 g/mol. The van der Waals surface area contributed by atoms with E-state index in [4.69, 9.17) is 4.74 Å². The van der Waals surface area contributed by atoms with Crippen molar-refractivity contribution >= 4 is 33.2 Å². The van der Waals surface area contributed by atoms with Crippen molar-refractivity contribution in [3.05, 3.63) is 64.3 Å². The fourth-order valence-electron chi connectivity index (χ4n) is 4.22. The molecule has 4 heterocycles. The van der Waals surface area contributed by atoms with Crippen LogP contribution in [0.1, 0.15) is 44.1 Å². The minimum absolute atomic E-state index is 0.0134. The van der Waals surface area contributed by atoms with Gasteiger partial charge in [-0.15, -0.1) is 11.3 Å². The third-order valence-electron chi connectivity index (χ3n) is 5.72. The Kier molecular flexibility index (Phi) is 5.23. The highest BCUT2D eigenvalue weighted by atomic mass is 32.1. The van der Waals surface area contributed by atoms with E-state index in [0.29, 0.717) is 25.2 Å². The van der Waals surface area contributed by atoms with Crippen molar-refractivity contribution in [3.63, 3.8) is 0 Å². The van der Waals surface area contributed by atoms with Crippen LogP contribution in [0.15, 0.2) is 42.6 Å². The highest BCUT2D eigenvalue weighted by molar-refractivity contribution is 7.21. The van der Waals surface area contributed by atoms with Gasteiger partial charge >= 0.3 is 0 Å².